The lowest BCUT2D eigenvalue weighted by atomic mass is 10.3. The first-order chi connectivity index (χ1) is 9.06. The highest BCUT2D eigenvalue weighted by Crippen LogP contribution is 2.33. The average molecular weight is 334 g/mol. The summed E-state index contributed by atoms with van der Waals surface area (Å²) in [7, 11) is 0. The molecule has 0 fully saturated rings. The first-order valence-corrected chi connectivity index (χ1v) is 7.75. The molecule has 3 N–H and O–H groups in total. The predicted molar refractivity (Wildman–Crippen MR) is 82.3 cm³/mol. The van der Waals surface area contributed by atoms with Crippen LogP contribution < -0.4 is 11.1 Å². The number of hydrogen-bond acceptors (Lipinski definition) is 5. The van der Waals surface area contributed by atoms with Gasteiger partial charge in [-0.1, -0.05) is 35.0 Å². The number of nitrogens with one attached hydrogen (secondary N) is 1. The van der Waals surface area contributed by atoms with Crippen LogP contribution in [0.25, 0.3) is 0 Å². The smallest absolute Gasteiger partial charge is 0.234 e. The summed E-state index contributed by atoms with van der Waals surface area (Å²) in [5.41, 5.74) is 6.42. The number of rotatable bonds is 4. The van der Waals surface area contributed by atoms with E-state index in [0.29, 0.717) is 21.4 Å². The minimum atomic E-state index is -0.200. The third kappa shape index (κ3) is 4.01. The van der Waals surface area contributed by atoms with Crippen molar-refractivity contribution >= 4 is 63.6 Å². The van der Waals surface area contributed by atoms with Gasteiger partial charge in [-0.25, -0.2) is 4.98 Å². The van der Waals surface area contributed by atoms with Crippen molar-refractivity contribution in [3.8, 4) is 0 Å². The molecule has 1 aromatic carbocycles. The third-order valence-corrected chi connectivity index (χ3v) is 4.63. The summed E-state index contributed by atoms with van der Waals surface area (Å²) >= 11 is 14.8. The number of carbonyl (C=O) groups is 1. The zero-order chi connectivity index (χ0) is 13.8. The van der Waals surface area contributed by atoms with E-state index in [9.17, 15) is 4.79 Å². The lowest BCUT2D eigenvalue weighted by Gasteiger charge is -2.09. The predicted octanol–water partition coefficient (Wildman–Crippen LogP) is 3.76. The Morgan fingerprint density at radius 2 is 2.11 bits per heavy atom. The normalized spacial score (nSPS) is 10.4. The Balaban J connectivity index is 1.99. The van der Waals surface area contributed by atoms with E-state index < -0.39 is 0 Å². The molecule has 0 atom stereocenters. The van der Waals surface area contributed by atoms with E-state index in [4.69, 9.17) is 28.9 Å². The second-order valence-electron chi connectivity index (χ2n) is 3.49. The fraction of sp³-hybridized carbons (Fsp3) is 0.0909. The molecule has 2 aromatic rings. The molecule has 4 nitrogen and oxygen atoms in total. The fourth-order valence-electron chi connectivity index (χ4n) is 1.30. The van der Waals surface area contributed by atoms with E-state index in [-0.39, 0.29) is 11.7 Å². The zero-order valence-corrected chi connectivity index (χ0v) is 12.7. The van der Waals surface area contributed by atoms with Gasteiger partial charge in [0, 0.05) is 17.3 Å². The highest BCUT2D eigenvalue weighted by molar-refractivity contribution is 8.01. The summed E-state index contributed by atoms with van der Waals surface area (Å²) in [5.74, 6) is 0.0404. The van der Waals surface area contributed by atoms with Crippen molar-refractivity contribution < 1.29 is 4.79 Å². The molecule has 0 bridgehead atoms. The Bertz CT molecular complexity index is 567. The van der Waals surface area contributed by atoms with Crippen LogP contribution >= 0.6 is 46.3 Å². The summed E-state index contributed by atoms with van der Waals surface area (Å²) in [6.45, 7) is 0. The maximum absolute atomic E-state index is 11.8. The summed E-state index contributed by atoms with van der Waals surface area (Å²) in [6, 6.07) is 3.08. The topological polar surface area (TPSA) is 68.0 Å². The molecule has 19 heavy (non-hydrogen) atoms. The van der Waals surface area contributed by atoms with Gasteiger partial charge in [-0.3, -0.25) is 4.79 Å². The Morgan fingerprint density at radius 1 is 1.42 bits per heavy atom. The number of aromatic nitrogens is 1. The maximum atomic E-state index is 11.8. The molecule has 0 aliphatic rings. The van der Waals surface area contributed by atoms with Crippen molar-refractivity contribution in [2.24, 2.45) is 0 Å². The fourth-order valence-corrected chi connectivity index (χ4v) is 3.33. The molecular formula is C11H9Cl2N3OS2. The van der Waals surface area contributed by atoms with Gasteiger partial charge in [0.2, 0.25) is 5.91 Å². The van der Waals surface area contributed by atoms with Crippen molar-refractivity contribution in [3.63, 3.8) is 0 Å². The molecule has 1 aromatic heterocycles. The van der Waals surface area contributed by atoms with Gasteiger partial charge in [-0.05, 0) is 12.1 Å². The maximum Gasteiger partial charge on any atom is 0.234 e. The number of carbonyl (C=O) groups excluding carboxylic acids is 1. The van der Waals surface area contributed by atoms with Crippen LogP contribution in [0.15, 0.2) is 28.0 Å². The molecule has 0 radical (unpaired) electrons. The van der Waals surface area contributed by atoms with Crippen LogP contribution in [-0.2, 0) is 4.79 Å². The number of nitrogen functional groups attached to an aromatic ring is 1. The van der Waals surface area contributed by atoms with Gasteiger partial charge in [-0.15, -0.1) is 11.3 Å². The zero-order valence-electron chi connectivity index (χ0n) is 9.52. The number of thioether (sulfide) groups is 1. The average Bonchev–Trinajstić information content (AvgIpc) is 2.84. The van der Waals surface area contributed by atoms with Crippen molar-refractivity contribution in [1.29, 1.82) is 0 Å². The third-order valence-electron chi connectivity index (χ3n) is 2.07. The van der Waals surface area contributed by atoms with Crippen LogP contribution in [0.3, 0.4) is 0 Å². The molecule has 2 rings (SSSR count). The molecule has 1 heterocycles. The number of amides is 1. The number of anilines is 2. The number of benzene rings is 1. The number of nitrogens with zero attached hydrogens (tertiary/aromatic N) is 1. The first kappa shape index (κ1) is 14.5. The Hall–Kier alpha value is -0.950. The largest absolute Gasteiger partial charge is 0.399 e. The van der Waals surface area contributed by atoms with E-state index in [2.05, 4.69) is 10.3 Å². The van der Waals surface area contributed by atoms with Crippen molar-refractivity contribution in [2.75, 3.05) is 16.8 Å². The lowest BCUT2D eigenvalue weighted by Crippen LogP contribution is -2.14. The minimum absolute atomic E-state index is 0.200. The SMILES string of the molecule is Nc1cc(Cl)c(NC(=O)CSc2nccs2)c(Cl)c1. The molecule has 0 aliphatic heterocycles. The molecule has 0 saturated carbocycles. The lowest BCUT2D eigenvalue weighted by molar-refractivity contribution is -0.113. The van der Waals surface area contributed by atoms with E-state index >= 15 is 0 Å². The first-order valence-electron chi connectivity index (χ1n) is 5.13. The summed E-state index contributed by atoms with van der Waals surface area (Å²) in [6.07, 6.45) is 1.69. The second-order valence-corrected chi connectivity index (χ2v) is 6.43. The van der Waals surface area contributed by atoms with Gasteiger partial charge < -0.3 is 11.1 Å². The van der Waals surface area contributed by atoms with Gasteiger partial charge in [0.25, 0.3) is 0 Å². The van der Waals surface area contributed by atoms with Crippen LogP contribution in [0.4, 0.5) is 11.4 Å². The number of hydrogen-bond donors (Lipinski definition) is 2. The van der Waals surface area contributed by atoms with Gasteiger partial charge in [-0.2, -0.15) is 0 Å². The van der Waals surface area contributed by atoms with Gasteiger partial charge in [0.15, 0.2) is 0 Å². The van der Waals surface area contributed by atoms with Crippen LogP contribution in [0, 0.1) is 0 Å². The second kappa shape index (κ2) is 6.47. The molecule has 0 unspecified atom stereocenters. The van der Waals surface area contributed by atoms with Crippen LogP contribution in [0.5, 0.6) is 0 Å². The highest BCUT2D eigenvalue weighted by Gasteiger charge is 2.11. The number of halogens is 2. The van der Waals surface area contributed by atoms with Crippen molar-refractivity contribution in [2.45, 2.75) is 4.34 Å². The standard InChI is InChI=1S/C11H9Cl2N3OS2/c12-7-3-6(14)4-8(13)10(7)16-9(17)5-19-11-15-1-2-18-11/h1-4H,5,14H2,(H,16,17). The minimum Gasteiger partial charge on any atom is -0.399 e. The Morgan fingerprint density at radius 3 is 2.68 bits per heavy atom. The quantitative estimate of drug-likeness (QED) is 0.660. The number of nitrogens with two attached hydrogens (primary N) is 1. The Labute approximate surface area is 128 Å². The summed E-state index contributed by atoms with van der Waals surface area (Å²) < 4.78 is 0.838. The monoisotopic (exact) mass is 333 g/mol. The molecule has 100 valence electrons. The molecule has 0 spiro atoms. The molecular weight excluding hydrogens is 325 g/mol. The summed E-state index contributed by atoms with van der Waals surface area (Å²) in [4.78, 5) is 15.9. The van der Waals surface area contributed by atoms with Crippen molar-refractivity contribution in [1.82, 2.24) is 4.98 Å². The van der Waals surface area contributed by atoms with Crippen LogP contribution in [0.1, 0.15) is 0 Å². The van der Waals surface area contributed by atoms with Crippen LogP contribution in [0.2, 0.25) is 10.0 Å². The molecule has 8 heteroatoms. The van der Waals surface area contributed by atoms with E-state index in [0.717, 1.165) is 4.34 Å². The highest BCUT2D eigenvalue weighted by atomic mass is 35.5. The molecule has 1 amide bonds. The van der Waals surface area contributed by atoms with E-state index in [1.54, 1.807) is 6.20 Å². The van der Waals surface area contributed by atoms with Crippen LogP contribution in [-0.4, -0.2) is 16.6 Å². The van der Waals surface area contributed by atoms with E-state index in [1.165, 1.54) is 35.2 Å². The Kier molecular flexibility index (Phi) is 4.93. The van der Waals surface area contributed by atoms with Gasteiger partial charge >= 0.3 is 0 Å². The number of thiazole rings is 1. The molecule has 0 saturated heterocycles. The van der Waals surface area contributed by atoms with Gasteiger partial charge in [0.05, 0.1) is 21.5 Å². The summed E-state index contributed by atoms with van der Waals surface area (Å²) in [5, 5.41) is 5.16. The molecule has 0 aliphatic carbocycles. The van der Waals surface area contributed by atoms with Gasteiger partial charge in [0.1, 0.15) is 4.34 Å². The van der Waals surface area contributed by atoms with E-state index in [1.807, 2.05) is 5.38 Å². The van der Waals surface area contributed by atoms with Crippen molar-refractivity contribution in [3.05, 3.63) is 33.8 Å².